The quantitative estimate of drug-likeness (QED) is 0.577. The Morgan fingerprint density at radius 1 is 1.05 bits per heavy atom. The van der Waals surface area contributed by atoms with Crippen LogP contribution in [0.5, 0.6) is 0 Å². The molecule has 0 radical (unpaired) electrons. The second-order valence-electron chi connectivity index (χ2n) is 6.25. The van der Waals surface area contributed by atoms with Gasteiger partial charge in [0.15, 0.2) is 0 Å². The highest BCUT2D eigenvalue weighted by Gasteiger charge is 2.22. The highest BCUT2D eigenvalue weighted by molar-refractivity contribution is 5.26. The van der Waals surface area contributed by atoms with Crippen molar-refractivity contribution in [3.8, 4) is 0 Å². The number of ether oxygens (including phenoxy) is 1. The molecule has 0 spiro atoms. The highest BCUT2D eigenvalue weighted by atomic mass is 16.5. The standard InChI is InChI=1S/C21H30O/c1-3-5-6-7-17-22-21-15-13-20(14-16-21)19-11-9-18(8-4-2)10-12-19/h3,5-7,9-12,20-21H,4,8,13-17H2,1-2H3/b5-3+,7-6+. The SMILES string of the molecule is C/C=C/C=C/COC1CCC(c2ccc(CCC)cc2)CC1. The van der Waals surface area contributed by atoms with Gasteiger partial charge in [-0.3, -0.25) is 0 Å². The summed E-state index contributed by atoms with van der Waals surface area (Å²) in [5.74, 6) is 0.731. The van der Waals surface area contributed by atoms with Crippen molar-refractivity contribution in [3.63, 3.8) is 0 Å². The summed E-state index contributed by atoms with van der Waals surface area (Å²) in [6.45, 7) is 5.01. The van der Waals surface area contributed by atoms with Gasteiger partial charge in [-0.25, -0.2) is 0 Å². The molecule has 0 N–H and O–H groups in total. The van der Waals surface area contributed by atoms with Crippen LogP contribution in [0.25, 0.3) is 0 Å². The van der Waals surface area contributed by atoms with Gasteiger partial charge < -0.3 is 4.74 Å². The first kappa shape index (κ1) is 17.0. The van der Waals surface area contributed by atoms with Crippen molar-refractivity contribution in [2.45, 2.75) is 64.4 Å². The Bertz CT molecular complexity index is 461. The van der Waals surface area contributed by atoms with Gasteiger partial charge >= 0.3 is 0 Å². The monoisotopic (exact) mass is 298 g/mol. The normalized spacial score (nSPS) is 22.6. The third-order valence-electron chi connectivity index (χ3n) is 4.53. The van der Waals surface area contributed by atoms with Gasteiger partial charge in [-0.2, -0.15) is 0 Å². The zero-order chi connectivity index (χ0) is 15.6. The predicted octanol–water partition coefficient (Wildman–Crippen LogP) is 5.81. The fourth-order valence-electron chi connectivity index (χ4n) is 3.24. The van der Waals surface area contributed by atoms with E-state index in [1.807, 2.05) is 19.1 Å². The van der Waals surface area contributed by atoms with E-state index in [9.17, 15) is 0 Å². The van der Waals surface area contributed by atoms with E-state index in [1.165, 1.54) is 49.7 Å². The van der Waals surface area contributed by atoms with Crippen molar-refractivity contribution in [1.82, 2.24) is 0 Å². The van der Waals surface area contributed by atoms with Crippen molar-refractivity contribution in [1.29, 1.82) is 0 Å². The summed E-state index contributed by atoms with van der Waals surface area (Å²) < 4.78 is 5.94. The number of benzene rings is 1. The van der Waals surface area contributed by atoms with Crippen LogP contribution in [0.1, 0.15) is 63.0 Å². The lowest BCUT2D eigenvalue weighted by Gasteiger charge is -2.28. The molecule has 1 aromatic rings. The van der Waals surface area contributed by atoms with Crippen LogP contribution in [-0.2, 0) is 11.2 Å². The number of hydrogen-bond donors (Lipinski definition) is 0. The number of hydrogen-bond acceptors (Lipinski definition) is 1. The summed E-state index contributed by atoms with van der Waals surface area (Å²) >= 11 is 0. The molecule has 0 amide bonds. The first-order valence-electron chi connectivity index (χ1n) is 8.81. The van der Waals surface area contributed by atoms with Crippen LogP contribution in [0.15, 0.2) is 48.6 Å². The van der Waals surface area contributed by atoms with Crippen LogP contribution in [0.4, 0.5) is 0 Å². The molecule has 1 heteroatoms. The largest absolute Gasteiger partial charge is 0.374 e. The summed E-state index contributed by atoms with van der Waals surface area (Å²) in [4.78, 5) is 0. The van der Waals surface area contributed by atoms with E-state index in [4.69, 9.17) is 4.74 Å². The van der Waals surface area contributed by atoms with E-state index in [2.05, 4.69) is 43.3 Å². The highest BCUT2D eigenvalue weighted by Crippen LogP contribution is 2.34. The van der Waals surface area contributed by atoms with E-state index in [0.29, 0.717) is 6.10 Å². The molecule has 22 heavy (non-hydrogen) atoms. The Hall–Kier alpha value is -1.34. The number of allylic oxidation sites excluding steroid dienone is 3. The van der Waals surface area contributed by atoms with Gasteiger partial charge in [0.05, 0.1) is 12.7 Å². The molecule has 120 valence electrons. The Morgan fingerprint density at radius 3 is 2.41 bits per heavy atom. The second-order valence-corrected chi connectivity index (χ2v) is 6.25. The van der Waals surface area contributed by atoms with Gasteiger partial charge in [0.2, 0.25) is 0 Å². The molecule has 0 bridgehead atoms. The van der Waals surface area contributed by atoms with E-state index in [0.717, 1.165) is 12.5 Å². The summed E-state index contributed by atoms with van der Waals surface area (Å²) in [5.41, 5.74) is 2.99. The van der Waals surface area contributed by atoms with E-state index in [-0.39, 0.29) is 0 Å². The molecule has 2 rings (SSSR count). The fourth-order valence-corrected chi connectivity index (χ4v) is 3.24. The Kier molecular flexibility index (Phi) is 7.45. The van der Waals surface area contributed by atoms with Gasteiger partial charge in [0.25, 0.3) is 0 Å². The molecule has 0 saturated heterocycles. The van der Waals surface area contributed by atoms with Crippen molar-refractivity contribution in [3.05, 3.63) is 59.7 Å². The predicted molar refractivity (Wildman–Crippen MR) is 95.3 cm³/mol. The molecule has 1 aliphatic rings. The van der Waals surface area contributed by atoms with E-state index >= 15 is 0 Å². The lowest BCUT2D eigenvalue weighted by atomic mass is 9.82. The lowest BCUT2D eigenvalue weighted by molar-refractivity contribution is 0.0422. The summed E-state index contributed by atoms with van der Waals surface area (Å²) in [7, 11) is 0. The average Bonchev–Trinajstić information content (AvgIpc) is 2.56. The molecular weight excluding hydrogens is 268 g/mol. The second kappa shape index (κ2) is 9.63. The van der Waals surface area contributed by atoms with Crippen molar-refractivity contribution < 1.29 is 4.74 Å². The Balaban J connectivity index is 1.74. The Morgan fingerprint density at radius 2 is 1.77 bits per heavy atom. The van der Waals surface area contributed by atoms with E-state index in [1.54, 1.807) is 0 Å². The van der Waals surface area contributed by atoms with Crippen molar-refractivity contribution in [2.24, 2.45) is 0 Å². The Labute approximate surface area is 136 Å². The summed E-state index contributed by atoms with van der Waals surface area (Å²) in [6.07, 6.45) is 16.0. The lowest BCUT2D eigenvalue weighted by Crippen LogP contribution is -2.20. The van der Waals surface area contributed by atoms with Crippen LogP contribution in [0.2, 0.25) is 0 Å². The maximum absolute atomic E-state index is 5.94. The molecule has 1 nitrogen and oxygen atoms in total. The van der Waals surface area contributed by atoms with Crippen molar-refractivity contribution in [2.75, 3.05) is 6.61 Å². The van der Waals surface area contributed by atoms with Crippen LogP contribution in [0.3, 0.4) is 0 Å². The summed E-state index contributed by atoms with van der Waals surface area (Å²) in [5, 5.41) is 0. The molecule has 0 unspecified atom stereocenters. The van der Waals surface area contributed by atoms with Crippen LogP contribution < -0.4 is 0 Å². The molecule has 1 aliphatic carbocycles. The minimum absolute atomic E-state index is 0.450. The maximum Gasteiger partial charge on any atom is 0.0654 e. The minimum Gasteiger partial charge on any atom is -0.374 e. The summed E-state index contributed by atoms with van der Waals surface area (Å²) in [6, 6.07) is 9.31. The molecule has 1 aromatic carbocycles. The number of rotatable bonds is 7. The molecule has 0 atom stereocenters. The minimum atomic E-state index is 0.450. The maximum atomic E-state index is 5.94. The molecule has 0 aliphatic heterocycles. The third-order valence-corrected chi connectivity index (χ3v) is 4.53. The van der Waals surface area contributed by atoms with Crippen LogP contribution >= 0.6 is 0 Å². The van der Waals surface area contributed by atoms with Crippen LogP contribution in [0, 0.1) is 0 Å². The first-order valence-corrected chi connectivity index (χ1v) is 8.81. The molecule has 1 saturated carbocycles. The van der Waals surface area contributed by atoms with Crippen molar-refractivity contribution >= 4 is 0 Å². The van der Waals surface area contributed by atoms with Gasteiger partial charge in [-0.1, -0.05) is 61.9 Å². The van der Waals surface area contributed by atoms with Crippen LogP contribution in [-0.4, -0.2) is 12.7 Å². The first-order chi connectivity index (χ1) is 10.8. The van der Waals surface area contributed by atoms with E-state index < -0.39 is 0 Å². The third kappa shape index (κ3) is 5.46. The van der Waals surface area contributed by atoms with Gasteiger partial charge in [-0.15, -0.1) is 0 Å². The average molecular weight is 298 g/mol. The smallest absolute Gasteiger partial charge is 0.0654 e. The molecular formula is C21H30O. The zero-order valence-electron chi connectivity index (χ0n) is 14.1. The molecule has 1 fully saturated rings. The topological polar surface area (TPSA) is 9.23 Å². The number of aryl methyl sites for hydroxylation is 1. The zero-order valence-corrected chi connectivity index (χ0v) is 14.1. The molecule has 0 heterocycles. The van der Waals surface area contributed by atoms with Gasteiger partial charge in [0, 0.05) is 0 Å². The molecule has 0 aromatic heterocycles. The van der Waals surface area contributed by atoms with Gasteiger partial charge in [0.1, 0.15) is 0 Å². The fraction of sp³-hybridized carbons (Fsp3) is 0.524. The van der Waals surface area contributed by atoms with Gasteiger partial charge in [-0.05, 0) is 56.1 Å².